The van der Waals surface area contributed by atoms with E-state index in [4.69, 9.17) is 10.00 Å². The zero-order valence-electron chi connectivity index (χ0n) is 21.0. The second-order valence-corrected chi connectivity index (χ2v) is 9.16. The molecule has 0 spiro atoms. The van der Waals surface area contributed by atoms with Crippen LogP contribution in [0.5, 0.6) is 0 Å². The summed E-state index contributed by atoms with van der Waals surface area (Å²) in [5, 5.41) is 17.1. The predicted octanol–water partition coefficient (Wildman–Crippen LogP) is 2.72. The fraction of sp³-hybridized carbons (Fsp3) is 0.423. The first kappa shape index (κ1) is 27.8. The number of nitrogens with zero attached hydrogens (tertiary/aromatic N) is 5. The summed E-state index contributed by atoms with van der Waals surface area (Å²) in [4.78, 5) is 32.7. The lowest BCUT2D eigenvalue weighted by atomic mass is 9.92. The summed E-state index contributed by atoms with van der Waals surface area (Å²) in [6.45, 7) is 2.35. The summed E-state index contributed by atoms with van der Waals surface area (Å²) >= 11 is 0. The quantitative estimate of drug-likeness (QED) is 0.463. The van der Waals surface area contributed by atoms with Gasteiger partial charge < -0.3 is 19.9 Å². The summed E-state index contributed by atoms with van der Waals surface area (Å²) in [5.41, 5.74) is -2.61. The number of H-pyrrole nitrogens is 1. The lowest BCUT2D eigenvalue weighted by Crippen LogP contribution is -2.49. The van der Waals surface area contributed by atoms with Gasteiger partial charge in [0, 0.05) is 38.3 Å². The van der Waals surface area contributed by atoms with Crippen LogP contribution < -0.4 is 15.8 Å². The van der Waals surface area contributed by atoms with Crippen LogP contribution in [-0.2, 0) is 15.7 Å². The molecule has 2 atom stereocenters. The highest BCUT2D eigenvalue weighted by molar-refractivity contribution is 5.76. The molecule has 1 amide bonds. The van der Waals surface area contributed by atoms with Crippen molar-refractivity contribution in [3.63, 3.8) is 0 Å². The minimum absolute atomic E-state index is 0.0262. The molecule has 2 N–H and O–H groups in total. The number of aromatic amines is 1. The molecule has 0 radical (unpaired) electrons. The van der Waals surface area contributed by atoms with E-state index in [9.17, 15) is 22.8 Å². The molecule has 2 aromatic rings. The van der Waals surface area contributed by atoms with Gasteiger partial charge in [-0.05, 0) is 18.6 Å². The Kier molecular flexibility index (Phi) is 8.98. The maximum atomic E-state index is 13.5. The largest absolute Gasteiger partial charge is 0.423 e. The number of amides is 1. The van der Waals surface area contributed by atoms with Crippen LogP contribution in [0.25, 0.3) is 0 Å². The van der Waals surface area contributed by atoms with Gasteiger partial charge in [-0.25, -0.2) is 10.1 Å². The van der Waals surface area contributed by atoms with Crippen molar-refractivity contribution in [1.82, 2.24) is 20.1 Å². The van der Waals surface area contributed by atoms with Gasteiger partial charge in [0.2, 0.25) is 5.91 Å². The molecule has 0 aromatic carbocycles. The third kappa shape index (κ3) is 7.23. The molecule has 1 fully saturated rings. The molecule has 2 aromatic heterocycles. The number of hydrogen-bond donors (Lipinski definition) is 2. The highest BCUT2D eigenvalue weighted by Gasteiger charge is 2.38. The van der Waals surface area contributed by atoms with Crippen LogP contribution in [0.1, 0.15) is 24.0 Å². The third-order valence-electron chi connectivity index (χ3n) is 6.60. The van der Waals surface area contributed by atoms with Crippen molar-refractivity contribution < 1.29 is 22.7 Å². The number of halogens is 3. The minimum Gasteiger partial charge on any atom is -0.379 e. The van der Waals surface area contributed by atoms with E-state index in [0.717, 1.165) is 12.0 Å². The van der Waals surface area contributed by atoms with Crippen molar-refractivity contribution in [2.75, 3.05) is 49.6 Å². The highest BCUT2D eigenvalue weighted by atomic mass is 19.4. The predicted molar refractivity (Wildman–Crippen MR) is 137 cm³/mol. The monoisotopic (exact) mass is 543 g/mol. The fourth-order valence-corrected chi connectivity index (χ4v) is 4.51. The molecule has 1 unspecified atom stereocenters. The molecule has 1 aliphatic heterocycles. The molecular formula is C26H28F3N7O3. The average Bonchev–Trinajstić information content (AvgIpc) is 2.94. The van der Waals surface area contributed by atoms with Gasteiger partial charge in [0.25, 0.3) is 5.56 Å². The number of allylic oxidation sites excluding steroid dienone is 3. The van der Waals surface area contributed by atoms with Gasteiger partial charge in [-0.3, -0.25) is 9.59 Å². The van der Waals surface area contributed by atoms with Crippen molar-refractivity contribution in [3.05, 3.63) is 70.3 Å². The molecule has 0 saturated carbocycles. The molecule has 39 heavy (non-hydrogen) atoms. The molecule has 13 heteroatoms. The lowest BCUT2D eigenvalue weighted by Gasteiger charge is -2.35. The van der Waals surface area contributed by atoms with Gasteiger partial charge in [-0.1, -0.05) is 24.3 Å². The summed E-state index contributed by atoms with van der Waals surface area (Å²) in [6.07, 6.45) is 5.71. The second-order valence-electron chi connectivity index (χ2n) is 9.16. The standard InChI is InChI=1S/C26H28F3N7O3/c27-26(28,29)24-20(16-32-34-25(24)38)33-21(19-4-2-1-3-5-19)17-39-13-8-23(37)36-11-9-35(10-12-36)22-7-6-18(14-30)15-31-22/h1-4,6-7,15-16,19,21H,5,8-13,17H2,(H2,33,34,38)/t19?,21-/m0/s1. The van der Waals surface area contributed by atoms with Crippen molar-refractivity contribution in [2.24, 2.45) is 5.92 Å². The van der Waals surface area contributed by atoms with Crippen LogP contribution in [0.4, 0.5) is 24.7 Å². The van der Waals surface area contributed by atoms with Gasteiger partial charge >= 0.3 is 6.18 Å². The van der Waals surface area contributed by atoms with Crippen LogP contribution in [0.15, 0.2) is 53.6 Å². The first-order valence-corrected chi connectivity index (χ1v) is 12.5. The Balaban J connectivity index is 1.29. The molecule has 1 saturated heterocycles. The van der Waals surface area contributed by atoms with Gasteiger partial charge in [0.05, 0.1) is 43.1 Å². The van der Waals surface area contributed by atoms with Crippen molar-refractivity contribution in [2.45, 2.75) is 25.1 Å². The zero-order valence-corrected chi connectivity index (χ0v) is 21.0. The number of alkyl halides is 3. The maximum Gasteiger partial charge on any atom is 0.423 e. The first-order valence-electron chi connectivity index (χ1n) is 12.5. The Labute approximate surface area is 222 Å². The first-order chi connectivity index (χ1) is 18.8. The summed E-state index contributed by atoms with van der Waals surface area (Å²) in [5.74, 6) is 0.486. The number of nitrogens with one attached hydrogen (secondary N) is 2. The minimum atomic E-state index is -4.86. The lowest BCUT2D eigenvalue weighted by molar-refractivity contribution is -0.138. The molecule has 1 aliphatic carbocycles. The number of ether oxygens (including phenoxy) is 1. The van der Waals surface area contributed by atoms with E-state index in [0.29, 0.717) is 38.2 Å². The maximum absolute atomic E-state index is 13.5. The van der Waals surface area contributed by atoms with Crippen molar-refractivity contribution in [1.29, 1.82) is 5.26 Å². The molecule has 4 rings (SSSR count). The van der Waals surface area contributed by atoms with Crippen LogP contribution in [0.3, 0.4) is 0 Å². The van der Waals surface area contributed by atoms with Crippen molar-refractivity contribution >= 4 is 17.4 Å². The van der Waals surface area contributed by atoms with Crippen LogP contribution in [0, 0.1) is 17.2 Å². The number of hydrogen-bond acceptors (Lipinski definition) is 8. The van der Waals surface area contributed by atoms with Gasteiger partial charge in [-0.15, -0.1) is 0 Å². The summed E-state index contributed by atoms with van der Waals surface area (Å²) in [6, 6.07) is 4.93. The SMILES string of the molecule is N#Cc1ccc(N2CCN(C(=O)CCOC[C@H](Nc3cn[nH]c(=O)c3C(F)(F)F)C3C=CC=CC3)CC2)nc1. The van der Waals surface area contributed by atoms with Gasteiger partial charge in [-0.2, -0.15) is 23.5 Å². The molecule has 0 bridgehead atoms. The van der Waals surface area contributed by atoms with E-state index in [1.807, 2.05) is 34.3 Å². The number of pyridine rings is 1. The van der Waals surface area contributed by atoms with E-state index >= 15 is 0 Å². The number of carbonyl (C=O) groups is 1. The Bertz CT molecular complexity index is 1290. The average molecular weight is 544 g/mol. The van der Waals surface area contributed by atoms with E-state index in [-0.39, 0.29) is 31.5 Å². The Morgan fingerprint density at radius 3 is 2.67 bits per heavy atom. The van der Waals surface area contributed by atoms with Gasteiger partial charge in [0.15, 0.2) is 0 Å². The summed E-state index contributed by atoms with van der Waals surface area (Å²) < 4.78 is 46.3. The highest BCUT2D eigenvalue weighted by Crippen LogP contribution is 2.32. The third-order valence-corrected chi connectivity index (χ3v) is 6.60. The fourth-order valence-electron chi connectivity index (χ4n) is 4.51. The summed E-state index contributed by atoms with van der Waals surface area (Å²) in [7, 11) is 0. The molecule has 2 aliphatic rings. The van der Waals surface area contributed by atoms with E-state index in [2.05, 4.69) is 15.4 Å². The Morgan fingerprint density at radius 2 is 2.03 bits per heavy atom. The molecule has 10 nitrogen and oxygen atoms in total. The zero-order chi connectivity index (χ0) is 27.8. The normalized spacial score (nSPS) is 18.1. The topological polar surface area (TPSA) is 127 Å². The Hall–Kier alpha value is -4.18. The molecular weight excluding hydrogens is 515 g/mol. The van der Waals surface area contributed by atoms with Crippen LogP contribution >= 0.6 is 0 Å². The van der Waals surface area contributed by atoms with Crippen LogP contribution in [-0.4, -0.2) is 71.4 Å². The van der Waals surface area contributed by atoms with E-state index < -0.39 is 29.0 Å². The van der Waals surface area contributed by atoms with E-state index in [1.54, 1.807) is 23.1 Å². The van der Waals surface area contributed by atoms with Crippen molar-refractivity contribution in [3.8, 4) is 6.07 Å². The van der Waals surface area contributed by atoms with Crippen LogP contribution in [0.2, 0.25) is 0 Å². The molecule has 206 valence electrons. The number of nitriles is 1. The number of piperazine rings is 1. The van der Waals surface area contributed by atoms with E-state index in [1.165, 1.54) is 6.20 Å². The molecule has 3 heterocycles. The number of anilines is 2. The smallest absolute Gasteiger partial charge is 0.379 e. The number of aromatic nitrogens is 3. The number of rotatable bonds is 9. The van der Waals surface area contributed by atoms with Gasteiger partial charge in [0.1, 0.15) is 17.5 Å². The Morgan fingerprint density at radius 1 is 1.23 bits per heavy atom. The second kappa shape index (κ2) is 12.6. The number of carbonyl (C=O) groups excluding carboxylic acids is 1.